The molecule has 8 aromatic carbocycles. The van der Waals surface area contributed by atoms with E-state index in [4.69, 9.17) is 0 Å². The maximum absolute atomic E-state index is 2.52. The van der Waals surface area contributed by atoms with Crippen LogP contribution in [0.25, 0.3) is 75.8 Å². The summed E-state index contributed by atoms with van der Waals surface area (Å²) in [5.74, 6) is 0. The van der Waals surface area contributed by atoms with Crippen LogP contribution in [-0.2, 0) is 21.7 Å². The summed E-state index contributed by atoms with van der Waals surface area (Å²) in [6.07, 6.45) is 0. The molecule has 0 amide bonds. The van der Waals surface area contributed by atoms with E-state index in [-0.39, 0.29) is 21.7 Å². The molecule has 0 heterocycles. The van der Waals surface area contributed by atoms with Crippen LogP contribution in [0, 0.1) is 0 Å². The Balaban J connectivity index is 1.64. The van der Waals surface area contributed by atoms with E-state index in [0.29, 0.717) is 0 Å². The zero-order valence-corrected chi connectivity index (χ0v) is 32.2. The maximum Gasteiger partial charge on any atom is -0.00136 e. The van der Waals surface area contributed by atoms with Gasteiger partial charge in [-0.3, -0.25) is 0 Å². The van der Waals surface area contributed by atoms with E-state index in [2.05, 4.69) is 180 Å². The van der Waals surface area contributed by atoms with Gasteiger partial charge in [0.1, 0.15) is 0 Å². The van der Waals surface area contributed by atoms with Gasteiger partial charge < -0.3 is 0 Å². The zero-order chi connectivity index (χ0) is 35.7. The summed E-state index contributed by atoms with van der Waals surface area (Å²) in [4.78, 5) is 0. The first-order chi connectivity index (χ1) is 23.3. The predicted octanol–water partition coefficient (Wildman–Crippen LogP) is 14.9. The van der Waals surface area contributed by atoms with Gasteiger partial charge in [-0.25, -0.2) is 0 Å². The van der Waals surface area contributed by atoms with Gasteiger partial charge in [0.05, 0.1) is 0 Å². The minimum absolute atomic E-state index is 0.00409. The number of hydrogen-bond donors (Lipinski definition) is 0. The molecule has 0 atom stereocenters. The standard InChI is InChI=1S/C50H52/c1-47(2,3)31-20-21-35-29(22-31)23-32(48(4,5)6)26-40(35)44-36-16-13-14-17-37(36)46-42-28-34(50(10,11)12)25-30-24-33(49(7,8)9)27-41(43(30)42)38-18-15-19-39(44)45(38)46/h13-28H,1-12H3. The van der Waals surface area contributed by atoms with Crippen molar-refractivity contribution in [2.24, 2.45) is 0 Å². The van der Waals surface area contributed by atoms with Crippen molar-refractivity contribution in [3.63, 3.8) is 0 Å². The predicted molar refractivity (Wildman–Crippen MR) is 223 cm³/mol. The van der Waals surface area contributed by atoms with Crippen LogP contribution >= 0.6 is 0 Å². The molecule has 0 aromatic heterocycles. The molecule has 0 aliphatic rings. The van der Waals surface area contributed by atoms with Crippen LogP contribution in [0.3, 0.4) is 0 Å². The van der Waals surface area contributed by atoms with Crippen molar-refractivity contribution < 1.29 is 0 Å². The Kier molecular flexibility index (Phi) is 6.91. The lowest BCUT2D eigenvalue weighted by molar-refractivity contribution is 0.589. The Morgan fingerprint density at radius 3 is 1.38 bits per heavy atom. The molecule has 0 radical (unpaired) electrons. The Bertz CT molecular complexity index is 2640. The fourth-order valence-electron chi connectivity index (χ4n) is 8.29. The molecule has 0 fully saturated rings. The van der Waals surface area contributed by atoms with Gasteiger partial charge in [-0.05, 0) is 138 Å². The molecular weight excluding hydrogens is 601 g/mol. The Morgan fingerprint density at radius 2 is 0.760 bits per heavy atom. The molecule has 0 nitrogen and oxygen atoms in total. The monoisotopic (exact) mass is 652 g/mol. The van der Waals surface area contributed by atoms with E-state index in [1.54, 1.807) is 0 Å². The van der Waals surface area contributed by atoms with Crippen molar-refractivity contribution in [2.45, 2.75) is 105 Å². The molecule has 0 aliphatic heterocycles. The normalized spacial score (nSPS) is 13.6. The van der Waals surface area contributed by atoms with Gasteiger partial charge in [0.25, 0.3) is 0 Å². The number of fused-ring (bicyclic) bond motifs is 5. The second kappa shape index (κ2) is 10.6. The summed E-state index contributed by atoms with van der Waals surface area (Å²) < 4.78 is 0. The Morgan fingerprint density at radius 1 is 0.300 bits per heavy atom. The van der Waals surface area contributed by atoms with Crippen molar-refractivity contribution in [1.82, 2.24) is 0 Å². The molecule has 0 aliphatic carbocycles. The average Bonchev–Trinajstić information content (AvgIpc) is 3.03. The highest BCUT2D eigenvalue weighted by atomic mass is 14.3. The van der Waals surface area contributed by atoms with E-state index in [0.717, 1.165) is 0 Å². The SMILES string of the molecule is CC(C)(C)c1ccc2c(-c3c4ccccc4c4c5cc(C(C)(C)C)cc6cc(C(C)(C)C)cc(c7cccc3c74)c65)cc(C(C)(C)C)cc2c1. The van der Waals surface area contributed by atoms with Crippen molar-refractivity contribution >= 4 is 64.6 Å². The number of benzene rings is 8. The molecular formula is C50H52. The first-order valence-corrected chi connectivity index (χ1v) is 18.5. The molecule has 0 bridgehead atoms. The van der Waals surface area contributed by atoms with Crippen LogP contribution in [0.2, 0.25) is 0 Å². The first-order valence-electron chi connectivity index (χ1n) is 18.5. The van der Waals surface area contributed by atoms with Crippen molar-refractivity contribution in [3.8, 4) is 11.1 Å². The largest absolute Gasteiger partial charge is 0.0616 e. The minimum Gasteiger partial charge on any atom is -0.0616 e. The Hall–Kier alpha value is -4.42. The van der Waals surface area contributed by atoms with Gasteiger partial charge in [0.2, 0.25) is 0 Å². The van der Waals surface area contributed by atoms with E-state index in [1.807, 2.05) is 0 Å². The first kappa shape index (κ1) is 32.8. The van der Waals surface area contributed by atoms with Crippen molar-refractivity contribution in [3.05, 3.63) is 119 Å². The van der Waals surface area contributed by atoms with Crippen molar-refractivity contribution in [1.29, 1.82) is 0 Å². The fourth-order valence-corrected chi connectivity index (χ4v) is 8.29. The lowest BCUT2D eigenvalue weighted by Gasteiger charge is -2.27. The second-order valence-electron chi connectivity index (χ2n) is 19.1. The molecule has 0 spiro atoms. The number of hydrogen-bond acceptors (Lipinski definition) is 0. The molecule has 50 heavy (non-hydrogen) atoms. The highest BCUT2D eigenvalue weighted by molar-refractivity contribution is 6.41. The lowest BCUT2D eigenvalue weighted by Crippen LogP contribution is -2.13. The summed E-state index contributed by atoms with van der Waals surface area (Å²) in [5, 5.41) is 16.2. The van der Waals surface area contributed by atoms with Crippen LogP contribution in [0.1, 0.15) is 105 Å². The smallest absolute Gasteiger partial charge is 0.00136 e. The topological polar surface area (TPSA) is 0 Å². The third kappa shape index (κ3) is 5.01. The molecule has 0 unspecified atom stereocenters. The van der Waals surface area contributed by atoms with Gasteiger partial charge in [0.15, 0.2) is 0 Å². The minimum atomic E-state index is 0.00409. The average molecular weight is 653 g/mol. The van der Waals surface area contributed by atoms with Crippen LogP contribution in [0.5, 0.6) is 0 Å². The van der Waals surface area contributed by atoms with Gasteiger partial charge in [-0.15, -0.1) is 0 Å². The quantitative estimate of drug-likeness (QED) is 0.122. The molecule has 0 saturated heterocycles. The molecule has 252 valence electrons. The highest BCUT2D eigenvalue weighted by Gasteiger charge is 2.26. The molecule has 0 saturated carbocycles. The van der Waals surface area contributed by atoms with Crippen LogP contribution in [0.4, 0.5) is 0 Å². The number of rotatable bonds is 1. The third-order valence-electron chi connectivity index (χ3n) is 11.3. The van der Waals surface area contributed by atoms with E-state index in [9.17, 15) is 0 Å². The van der Waals surface area contributed by atoms with Crippen LogP contribution < -0.4 is 0 Å². The maximum atomic E-state index is 2.52. The third-order valence-corrected chi connectivity index (χ3v) is 11.3. The summed E-state index contributed by atoms with van der Waals surface area (Å²) in [6, 6.07) is 38.4. The summed E-state index contributed by atoms with van der Waals surface area (Å²) in [6.45, 7) is 28.1. The van der Waals surface area contributed by atoms with E-state index < -0.39 is 0 Å². The zero-order valence-electron chi connectivity index (χ0n) is 32.2. The van der Waals surface area contributed by atoms with Crippen molar-refractivity contribution in [2.75, 3.05) is 0 Å². The van der Waals surface area contributed by atoms with Gasteiger partial charge in [0, 0.05) is 0 Å². The fraction of sp³-hybridized carbons (Fsp3) is 0.320. The molecule has 8 rings (SSSR count). The molecule has 0 N–H and O–H groups in total. The Labute approximate surface area is 298 Å². The summed E-state index contributed by atoms with van der Waals surface area (Å²) >= 11 is 0. The van der Waals surface area contributed by atoms with E-state index >= 15 is 0 Å². The van der Waals surface area contributed by atoms with Crippen LogP contribution in [-0.4, -0.2) is 0 Å². The molecule has 8 aromatic rings. The molecule has 0 heteroatoms. The van der Waals surface area contributed by atoms with Gasteiger partial charge in [-0.2, -0.15) is 0 Å². The second-order valence-corrected chi connectivity index (χ2v) is 19.1. The van der Waals surface area contributed by atoms with Gasteiger partial charge in [-0.1, -0.05) is 162 Å². The lowest BCUT2D eigenvalue weighted by atomic mass is 9.77. The summed E-state index contributed by atoms with van der Waals surface area (Å²) in [5.41, 5.74) is 8.32. The van der Waals surface area contributed by atoms with Crippen LogP contribution in [0.15, 0.2) is 97.1 Å². The summed E-state index contributed by atoms with van der Waals surface area (Å²) in [7, 11) is 0. The van der Waals surface area contributed by atoms with E-state index in [1.165, 1.54) is 98.0 Å². The van der Waals surface area contributed by atoms with Gasteiger partial charge >= 0.3 is 0 Å². The highest BCUT2D eigenvalue weighted by Crippen LogP contribution is 2.51.